The first-order valence-corrected chi connectivity index (χ1v) is 9.67. The molecule has 1 atom stereocenters. The van der Waals surface area contributed by atoms with Crippen molar-refractivity contribution in [3.63, 3.8) is 0 Å². The molecule has 1 aromatic carbocycles. The Labute approximate surface area is 157 Å². The second kappa shape index (κ2) is 8.27. The predicted octanol–water partition coefficient (Wildman–Crippen LogP) is 3.20. The van der Waals surface area contributed by atoms with Crippen LogP contribution in [0.15, 0.2) is 41.8 Å². The molecule has 0 spiro atoms. The van der Waals surface area contributed by atoms with Crippen molar-refractivity contribution in [3.8, 4) is 0 Å². The van der Waals surface area contributed by atoms with Crippen LogP contribution in [-0.2, 0) is 16.0 Å². The number of carbonyl (C=O) groups is 3. The van der Waals surface area contributed by atoms with Gasteiger partial charge in [-0.05, 0) is 36.4 Å². The fraction of sp³-hybridized carbons (Fsp3) is 0.350. The number of fused-ring (bicyclic) bond motifs is 1. The monoisotopic (exact) mass is 370 g/mol. The summed E-state index contributed by atoms with van der Waals surface area (Å²) in [6, 6.07) is 11.6. The van der Waals surface area contributed by atoms with Gasteiger partial charge < -0.3 is 10.2 Å². The van der Waals surface area contributed by atoms with Gasteiger partial charge in [0.2, 0.25) is 11.8 Å². The van der Waals surface area contributed by atoms with Crippen LogP contribution in [0.25, 0.3) is 0 Å². The Morgan fingerprint density at radius 1 is 1.12 bits per heavy atom. The standard InChI is InChI=1S/C20H22N2O3S/c1-14-13-15-5-2-3-6-16(15)22(14)20(25)10-11-21-19(24)9-8-17(23)18-7-4-12-26-18/h2-7,12,14H,8-11,13H2,1H3,(H,21,24). The summed E-state index contributed by atoms with van der Waals surface area (Å²) in [5.41, 5.74) is 2.15. The second-order valence-electron chi connectivity index (χ2n) is 6.45. The van der Waals surface area contributed by atoms with Crippen molar-refractivity contribution in [1.82, 2.24) is 5.32 Å². The summed E-state index contributed by atoms with van der Waals surface area (Å²) in [5, 5.41) is 4.58. The topological polar surface area (TPSA) is 66.5 Å². The number of ketones is 1. The van der Waals surface area contributed by atoms with Gasteiger partial charge in [0, 0.05) is 37.5 Å². The van der Waals surface area contributed by atoms with E-state index in [9.17, 15) is 14.4 Å². The van der Waals surface area contributed by atoms with E-state index < -0.39 is 0 Å². The maximum Gasteiger partial charge on any atom is 0.229 e. The van der Waals surface area contributed by atoms with Crippen LogP contribution in [0, 0.1) is 0 Å². The van der Waals surface area contributed by atoms with E-state index in [-0.39, 0.29) is 49.4 Å². The van der Waals surface area contributed by atoms with Gasteiger partial charge in [0.1, 0.15) is 0 Å². The van der Waals surface area contributed by atoms with E-state index in [1.54, 1.807) is 6.07 Å². The second-order valence-corrected chi connectivity index (χ2v) is 7.39. The molecule has 136 valence electrons. The molecule has 1 aliphatic rings. The van der Waals surface area contributed by atoms with Crippen LogP contribution < -0.4 is 10.2 Å². The highest BCUT2D eigenvalue weighted by atomic mass is 32.1. The lowest BCUT2D eigenvalue weighted by Crippen LogP contribution is -2.38. The van der Waals surface area contributed by atoms with E-state index in [1.165, 1.54) is 16.9 Å². The van der Waals surface area contributed by atoms with E-state index in [2.05, 4.69) is 5.32 Å². The van der Waals surface area contributed by atoms with Gasteiger partial charge in [-0.3, -0.25) is 14.4 Å². The molecule has 1 aliphatic heterocycles. The first-order valence-electron chi connectivity index (χ1n) is 8.79. The summed E-state index contributed by atoms with van der Waals surface area (Å²) in [7, 11) is 0. The molecular formula is C20H22N2O3S. The number of anilines is 1. The van der Waals surface area contributed by atoms with Crippen LogP contribution in [0.3, 0.4) is 0 Å². The van der Waals surface area contributed by atoms with Crippen molar-refractivity contribution in [3.05, 3.63) is 52.2 Å². The number of thiophene rings is 1. The highest BCUT2D eigenvalue weighted by molar-refractivity contribution is 7.12. The van der Waals surface area contributed by atoms with Crippen molar-refractivity contribution in [1.29, 1.82) is 0 Å². The van der Waals surface area contributed by atoms with Gasteiger partial charge in [0.05, 0.1) is 4.88 Å². The summed E-state index contributed by atoms with van der Waals surface area (Å²) in [5.74, 6) is -0.205. The smallest absolute Gasteiger partial charge is 0.229 e. The van der Waals surface area contributed by atoms with Gasteiger partial charge >= 0.3 is 0 Å². The number of nitrogens with one attached hydrogen (secondary N) is 1. The number of para-hydroxylation sites is 1. The molecule has 26 heavy (non-hydrogen) atoms. The first-order chi connectivity index (χ1) is 12.6. The molecule has 0 saturated heterocycles. The van der Waals surface area contributed by atoms with Crippen LogP contribution in [0.1, 0.15) is 41.4 Å². The Hall–Kier alpha value is -2.47. The zero-order chi connectivity index (χ0) is 18.5. The molecule has 6 heteroatoms. The van der Waals surface area contributed by atoms with Crippen molar-refractivity contribution >= 4 is 34.6 Å². The summed E-state index contributed by atoms with van der Waals surface area (Å²) in [4.78, 5) is 38.8. The third-order valence-corrected chi connectivity index (χ3v) is 5.42. The predicted molar refractivity (Wildman–Crippen MR) is 103 cm³/mol. The lowest BCUT2D eigenvalue weighted by atomic mass is 10.1. The molecule has 1 aromatic heterocycles. The van der Waals surface area contributed by atoms with Gasteiger partial charge in [-0.2, -0.15) is 0 Å². The molecule has 5 nitrogen and oxygen atoms in total. The maximum atomic E-state index is 12.5. The summed E-state index contributed by atoms with van der Waals surface area (Å²) >= 11 is 1.38. The summed E-state index contributed by atoms with van der Waals surface area (Å²) in [6.45, 7) is 2.32. The highest BCUT2D eigenvalue weighted by Crippen LogP contribution is 2.32. The Morgan fingerprint density at radius 2 is 1.92 bits per heavy atom. The summed E-state index contributed by atoms with van der Waals surface area (Å²) < 4.78 is 0. The Balaban J connectivity index is 1.42. The Bertz CT molecular complexity index is 801. The third kappa shape index (κ3) is 4.19. The van der Waals surface area contributed by atoms with Crippen molar-refractivity contribution in [2.75, 3.05) is 11.4 Å². The lowest BCUT2D eigenvalue weighted by molar-refractivity contribution is -0.121. The molecule has 2 aromatic rings. The lowest BCUT2D eigenvalue weighted by Gasteiger charge is -2.22. The zero-order valence-electron chi connectivity index (χ0n) is 14.7. The normalized spacial score (nSPS) is 15.6. The SMILES string of the molecule is CC1Cc2ccccc2N1C(=O)CCNC(=O)CCC(=O)c1cccs1. The van der Waals surface area contributed by atoms with Gasteiger partial charge in [0.25, 0.3) is 0 Å². The molecule has 1 N–H and O–H groups in total. The number of benzene rings is 1. The number of nitrogens with zero attached hydrogens (tertiary/aromatic N) is 1. The minimum Gasteiger partial charge on any atom is -0.356 e. The number of hydrogen-bond acceptors (Lipinski definition) is 4. The molecule has 0 fully saturated rings. The van der Waals surface area contributed by atoms with E-state index in [0.717, 1.165) is 12.1 Å². The van der Waals surface area contributed by atoms with E-state index in [1.807, 2.05) is 47.5 Å². The van der Waals surface area contributed by atoms with Gasteiger partial charge in [-0.1, -0.05) is 24.3 Å². The number of hydrogen-bond donors (Lipinski definition) is 1. The molecule has 2 heterocycles. The van der Waals surface area contributed by atoms with Gasteiger partial charge in [-0.25, -0.2) is 0 Å². The van der Waals surface area contributed by atoms with Crippen LogP contribution >= 0.6 is 11.3 Å². The van der Waals surface area contributed by atoms with E-state index >= 15 is 0 Å². The maximum absolute atomic E-state index is 12.5. The molecule has 0 aliphatic carbocycles. The molecule has 0 saturated carbocycles. The number of amides is 2. The molecular weight excluding hydrogens is 348 g/mol. The first kappa shape index (κ1) is 18.3. The highest BCUT2D eigenvalue weighted by Gasteiger charge is 2.29. The number of Topliss-reactive ketones (excluding diaryl/α,β-unsaturated/α-hetero) is 1. The zero-order valence-corrected chi connectivity index (χ0v) is 15.6. The Kier molecular flexibility index (Phi) is 5.83. The van der Waals surface area contributed by atoms with Crippen LogP contribution in [0.4, 0.5) is 5.69 Å². The third-order valence-electron chi connectivity index (χ3n) is 4.51. The molecule has 2 amide bonds. The molecule has 3 rings (SSSR count). The van der Waals surface area contributed by atoms with Crippen LogP contribution in [0.2, 0.25) is 0 Å². The molecule has 0 radical (unpaired) electrons. The summed E-state index contributed by atoms with van der Waals surface area (Å²) in [6.07, 6.45) is 1.45. The molecule has 1 unspecified atom stereocenters. The minimum absolute atomic E-state index is 0.0115. The van der Waals surface area contributed by atoms with Crippen LogP contribution in [0.5, 0.6) is 0 Å². The van der Waals surface area contributed by atoms with Crippen molar-refractivity contribution in [2.24, 2.45) is 0 Å². The van der Waals surface area contributed by atoms with Crippen molar-refractivity contribution in [2.45, 2.75) is 38.6 Å². The van der Waals surface area contributed by atoms with E-state index in [4.69, 9.17) is 0 Å². The minimum atomic E-state index is -0.197. The Morgan fingerprint density at radius 3 is 2.69 bits per heavy atom. The average molecular weight is 370 g/mol. The average Bonchev–Trinajstić information content (AvgIpc) is 3.26. The number of rotatable bonds is 7. The quantitative estimate of drug-likeness (QED) is 0.761. The van der Waals surface area contributed by atoms with E-state index in [0.29, 0.717) is 4.88 Å². The van der Waals surface area contributed by atoms with Crippen molar-refractivity contribution < 1.29 is 14.4 Å². The van der Waals surface area contributed by atoms with Gasteiger partial charge in [0.15, 0.2) is 5.78 Å². The molecule has 0 bridgehead atoms. The fourth-order valence-electron chi connectivity index (χ4n) is 3.25. The largest absolute Gasteiger partial charge is 0.356 e. The van der Waals surface area contributed by atoms with Crippen LogP contribution in [-0.4, -0.2) is 30.2 Å². The number of carbonyl (C=O) groups excluding carboxylic acids is 3. The van der Waals surface area contributed by atoms with Gasteiger partial charge in [-0.15, -0.1) is 11.3 Å². The fourth-order valence-corrected chi connectivity index (χ4v) is 3.95.